The van der Waals surface area contributed by atoms with Crippen molar-refractivity contribution in [1.82, 2.24) is 0 Å². The minimum atomic E-state index is -4.60. The number of ether oxygens (including phenoxy) is 2. The normalized spacial score (nSPS) is 12.1. The Labute approximate surface area is 135 Å². The summed E-state index contributed by atoms with van der Waals surface area (Å²) >= 11 is 0. The summed E-state index contributed by atoms with van der Waals surface area (Å²) < 4.78 is 42.0. The maximum absolute atomic E-state index is 12.1. The average molecular weight is 344 g/mol. The molecule has 128 valence electrons. The van der Waals surface area contributed by atoms with Gasteiger partial charge < -0.3 is 9.47 Å². The van der Waals surface area contributed by atoms with Gasteiger partial charge in [0.05, 0.1) is 22.1 Å². The first-order valence-electron chi connectivity index (χ1n) is 6.86. The highest BCUT2D eigenvalue weighted by Crippen LogP contribution is 2.19. The Kier molecular flexibility index (Phi) is 5.55. The van der Waals surface area contributed by atoms with Crippen molar-refractivity contribution in [3.05, 3.63) is 29.3 Å². The van der Waals surface area contributed by atoms with Crippen LogP contribution in [0.1, 0.15) is 55.3 Å². The summed E-state index contributed by atoms with van der Waals surface area (Å²) in [5.41, 5.74) is -1.15. The third kappa shape index (κ3) is 5.99. The van der Waals surface area contributed by atoms with Gasteiger partial charge in [0.2, 0.25) is 0 Å². The van der Waals surface area contributed by atoms with Crippen LogP contribution in [0.15, 0.2) is 23.1 Å². The van der Waals surface area contributed by atoms with Crippen molar-refractivity contribution < 1.29 is 32.0 Å². The quantitative estimate of drug-likeness (QED) is 0.660. The fourth-order valence-corrected chi connectivity index (χ4v) is 2.15. The molecule has 0 aliphatic heterocycles. The highest BCUT2D eigenvalue weighted by atomic mass is 32.2. The monoisotopic (exact) mass is 344 g/mol. The van der Waals surface area contributed by atoms with Crippen molar-refractivity contribution >= 4 is 22.1 Å². The van der Waals surface area contributed by atoms with Crippen molar-refractivity contribution in [3.8, 4) is 0 Å². The van der Waals surface area contributed by atoms with E-state index in [0.29, 0.717) is 0 Å². The lowest BCUT2D eigenvalue weighted by molar-refractivity contribution is 0.00692. The lowest BCUT2D eigenvalue weighted by Crippen LogP contribution is -2.24. The summed E-state index contributed by atoms with van der Waals surface area (Å²) in [5, 5.41) is 0. The summed E-state index contributed by atoms with van der Waals surface area (Å²) in [5.74, 6) is -1.63. The molecule has 0 bridgehead atoms. The zero-order valence-corrected chi connectivity index (χ0v) is 14.4. The van der Waals surface area contributed by atoms with E-state index in [1.165, 1.54) is 0 Å². The molecule has 0 aliphatic carbocycles. The molecule has 7 nitrogen and oxygen atoms in total. The molecule has 0 radical (unpaired) electrons. The van der Waals surface area contributed by atoms with Crippen LogP contribution < -0.4 is 0 Å². The van der Waals surface area contributed by atoms with E-state index in [4.69, 9.17) is 9.47 Å². The van der Waals surface area contributed by atoms with E-state index in [0.717, 1.165) is 18.2 Å². The van der Waals surface area contributed by atoms with Gasteiger partial charge in [-0.3, -0.25) is 4.55 Å². The van der Waals surface area contributed by atoms with Crippen LogP contribution in [-0.4, -0.2) is 36.6 Å². The van der Waals surface area contributed by atoms with Gasteiger partial charge in [-0.25, -0.2) is 9.59 Å². The highest BCUT2D eigenvalue weighted by molar-refractivity contribution is 7.85. The number of esters is 2. The molecule has 0 spiro atoms. The molecule has 0 aliphatic rings. The Morgan fingerprint density at radius 2 is 1.52 bits per heavy atom. The van der Waals surface area contributed by atoms with Gasteiger partial charge in [-0.2, -0.15) is 8.42 Å². The number of benzene rings is 1. The summed E-state index contributed by atoms with van der Waals surface area (Å²) in [6.45, 7) is 8.18. The van der Waals surface area contributed by atoms with Gasteiger partial charge in [0.25, 0.3) is 10.1 Å². The van der Waals surface area contributed by atoms with Crippen LogP contribution in [0.4, 0.5) is 0 Å². The maximum atomic E-state index is 12.1. The molecular formula is C15H20O7S. The second-order valence-electron chi connectivity index (χ2n) is 6.18. The second-order valence-corrected chi connectivity index (χ2v) is 7.60. The molecule has 0 saturated carbocycles. The molecule has 1 N–H and O–H groups in total. The minimum Gasteiger partial charge on any atom is -0.459 e. The third-order valence-corrected chi connectivity index (χ3v) is 3.25. The predicted molar refractivity (Wildman–Crippen MR) is 82.0 cm³/mol. The summed E-state index contributed by atoms with van der Waals surface area (Å²) in [7, 11) is -4.60. The number of rotatable bonds is 4. The minimum absolute atomic E-state index is 0.172. The van der Waals surface area contributed by atoms with Crippen LogP contribution >= 0.6 is 0 Å². The van der Waals surface area contributed by atoms with E-state index < -0.39 is 38.7 Å². The molecule has 1 aromatic carbocycles. The van der Waals surface area contributed by atoms with Crippen LogP contribution in [0.2, 0.25) is 0 Å². The molecule has 0 amide bonds. The van der Waals surface area contributed by atoms with Crippen LogP contribution in [0.3, 0.4) is 0 Å². The van der Waals surface area contributed by atoms with Gasteiger partial charge in [-0.1, -0.05) is 0 Å². The third-order valence-electron chi connectivity index (χ3n) is 2.42. The van der Waals surface area contributed by atoms with Crippen molar-refractivity contribution in [2.75, 3.05) is 0 Å². The molecular weight excluding hydrogens is 324 g/mol. The standard InChI is InChI=1S/C15H20O7S/c1-9(2)21-13(16)10-6-11(14(17)22-15(3,4)5)8-12(7-10)23(18,19)20/h6-9H,1-5H3,(H,18,19,20). The predicted octanol–water partition coefficient (Wildman–Crippen LogP) is 2.45. The van der Waals surface area contributed by atoms with E-state index in [1.54, 1.807) is 34.6 Å². The van der Waals surface area contributed by atoms with E-state index in [9.17, 15) is 22.6 Å². The average Bonchev–Trinajstić information content (AvgIpc) is 2.34. The maximum Gasteiger partial charge on any atom is 0.338 e. The van der Waals surface area contributed by atoms with Crippen LogP contribution in [-0.2, 0) is 19.6 Å². The van der Waals surface area contributed by atoms with Crippen LogP contribution in [0.25, 0.3) is 0 Å². The zero-order chi connectivity index (χ0) is 18.0. The van der Waals surface area contributed by atoms with Gasteiger partial charge >= 0.3 is 11.9 Å². The highest BCUT2D eigenvalue weighted by Gasteiger charge is 2.23. The van der Waals surface area contributed by atoms with Gasteiger partial charge in [0.1, 0.15) is 5.60 Å². The Bertz CT molecular complexity index is 712. The molecule has 0 atom stereocenters. The van der Waals surface area contributed by atoms with E-state index in [1.807, 2.05) is 0 Å². The van der Waals surface area contributed by atoms with Crippen molar-refractivity contribution in [2.45, 2.75) is 51.2 Å². The SMILES string of the molecule is CC(C)OC(=O)c1cc(C(=O)OC(C)(C)C)cc(S(=O)(=O)O)c1. The second kappa shape index (κ2) is 6.67. The Balaban J connectivity index is 3.36. The molecule has 0 heterocycles. The van der Waals surface area contributed by atoms with Gasteiger partial charge in [0, 0.05) is 0 Å². The topological polar surface area (TPSA) is 107 Å². The number of hydrogen-bond donors (Lipinski definition) is 1. The first kappa shape index (κ1) is 19.1. The number of carbonyl (C=O) groups is 2. The summed E-state index contributed by atoms with van der Waals surface area (Å²) in [6, 6.07) is 3.04. The fraction of sp³-hybridized carbons (Fsp3) is 0.467. The molecule has 0 saturated heterocycles. The van der Waals surface area contributed by atoms with Gasteiger partial charge in [0.15, 0.2) is 0 Å². The first-order valence-corrected chi connectivity index (χ1v) is 8.30. The van der Waals surface area contributed by atoms with Crippen molar-refractivity contribution in [2.24, 2.45) is 0 Å². The van der Waals surface area contributed by atoms with Gasteiger partial charge in [-0.05, 0) is 52.8 Å². The molecule has 0 aromatic heterocycles. The Morgan fingerprint density at radius 1 is 1.04 bits per heavy atom. The summed E-state index contributed by atoms with van der Waals surface area (Å²) in [4.78, 5) is 23.4. The lowest BCUT2D eigenvalue weighted by atomic mass is 10.1. The number of carbonyl (C=O) groups excluding carboxylic acids is 2. The Morgan fingerprint density at radius 3 is 1.91 bits per heavy atom. The molecule has 0 fully saturated rings. The van der Waals surface area contributed by atoms with E-state index in [-0.39, 0.29) is 11.1 Å². The Hall–Kier alpha value is -1.93. The van der Waals surface area contributed by atoms with Gasteiger partial charge in [-0.15, -0.1) is 0 Å². The zero-order valence-electron chi connectivity index (χ0n) is 13.6. The smallest absolute Gasteiger partial charge is 0.338 e. The van der Waals surface area contributed by atoms with Crippen LogP contribution in [0.5, 0.6) is 0 Å². The molecule has 8 heteroatoms. The molecule has 0 unspecified atom stereocenters. The summed E-state index contributed by atoms with van der Waals surface area (Å²) in [6.07, 6.45) is -0.429. The lowest BCUT2D eigenvalue weighted by Gasteiger charge is -2.20. The van der Waals surface area contributed by atoms with Crippen molar-refractivity contribution in [1.29, 1.82) is 0 Å². The molecule has 1 aromatic rings. The van der Waals surface area contributed by atoms with E-state index in [2.05, 4.69) is 0 Å². The molecule has 1 rings (SSSR count). The van der Waals surface area contributed by atoms with Crippen LogP contribution in [0, 0.1) is 0 Å². The van der Waals surface area contributed by atoms with E-state index >= 15 is 0 Å². The molecule has 23 heavy (non-hydrogen) atoms. The first-order chi connectivity index (χ1) is 10.3. The number of hydrogen-bond acceptors (Lipinski definition) is 6. The van der Waals surface area contributed by atoms with Crippen molar-refractivity contribution in [3.63, 3.8) is 0 Å². The largest absolute Gasteiger partial charge is 0.459 e. The fourth-order valence-electron chi connectivity index (χ4n) is 1.60.